The molecule has 2 aromatic carbocycles. The second-order valence-corrected chi connectivity index (χ2v) is 10.1. The molecule has 8 nitrogen and oxygen atoms in total. The fourth-order valence-corrected chi connectivity index (χ4v) is 4.22. The molecule has 0 spiro atoms. The second-order valence-electron chi connectivity index (χ2n) is 8.54. The number of amides is 3. The first-order chi connectivity index (χ1) is 14.3. The largest absolute Gasteiger partial charge is 0.321 e. The molecule has 0 aliphatic carbocycles. The molecule has 3 amide bonds. The number of carbonyl (C=O) groups excluding carboxylic acids is 3. The van der Waals surface area contributed by atoms with Crippen LogP contribution in [0.5, 0.6) is 0 Å². The highest BCUT2D eigenvalue weighted by Crippen LogP contribution is 2.31. The van der Waals surface area contributed by atoms with E-state index in [0.717, 1.165) is 10.5 Å². The number of benzene rings is 2. The third kappa shape index (κ3) is 4.52. The lowest BCUT2D eigenvalue weighted by atomic mass is 9.99. The van der Waals surface area contributed by atoms with Crippen molar-refractivity contribution >= 4 is 33.4 Å². The van der Waals surface area contributed by atoms with Crippen molar-refractivity contribution in [1.29, 1.82) is 0 Å². The normalized spacial score (nSPS) is 17.2. The molecule has 164 valence electrons. The molecule has 0 bridgehead atoms. The molecule has 1 fully saturated rings. The molecule has 1 saturated heterocycles. The number of anilines is 1. The van der Waals surface area contributed by atoms with E-state index in [1.807, 2.05) is 33.8 Å². The third-order valence-electron chi connectivity index (χ3n) is 5.06. The first kappa shape index (κ1) is 22.6. The van der Waals surface area contributed by atoms with Crippen LogP contribution in [0.1, 0.15) is 43.1 Å². The molecular formula is C22H25N3O5S. The van der Waals surface area contributed by atoms with E-state index in [0.29, 0.717) is 5.56 Å². The number of aryl methyl sites for hydroxylation is 1. The molecule has 2 N–H and O–H groups in total. The van der Waals surface area contributed by atoms with Gasteiger partial charge >= 0.3 is 0 Å². The van der Waals surface area contributed by atoms with Gasteiger partial charge in [0.1, 0.15) is 6.04 Å². The number of primary sulfonamides is 1. The Hall–Kier alpha value is -3.04. The smallest absolute Gasteiger partial charge is 0.257 e. The summed E-state index contributed by atoms with van der Waals surface area (Å²) in [7, 11) is -3.90. The molecular weight excluding hydrogens is 418 g/mol. The second kappa shape index (κ2) is 7.90. The van der Waals surface area contributed by atoms with Gasteiger partial charge in [-0.3, -0.25) is 14.4 Å². The van der Waals surface area contributed by atoms with E-state index in [2.05, 4.69) is 0 Å². The van der Waals surface area contributed by atoms with Gasteiger partial charge in [-0.1, -0.05) is 17.7 Å². The Labute approximate surface area is 181 Å². The topological polar surface area (TPSA) is 118 Å². The summed E-state index contributed by atoms with van der Waals surface area (Å²) in [6.45, 7) is 7.29. The van der Waals surface area contributed by atoms with E-state index < -0.39 is 33.4 Å². The monoisotopic (exact) mass is 443 g/mol. The van der Waals surface area contributed by atoms with Gasteiger partial charge < -0.3 is 4.90 Å². The highest BCUT2D eigenvalue weighted by atomic mass is 32.2. The summed E-state index contributed by atoms with van der Waals surface area (Å²) >= 11 is 0. The van der Waals surface area contributed by atoms with Gasteiger partial charge in [-0.05, 0) is 64.1 Å². The first-order valence-corrected chi connectivity index (χ1v) is 11.3. The summed E-state index contributed by atoms with van der Waals surface area (Å²) in [5, 5.41) is 5.10. The van der Waals surface area contributed by atoms with E-state index in [4.69, 9.17) is 5.14 Å². The third-order valence-corrected chi connectivity index (χ3v) is 5.99. The predicted octanol–water partition coefficient (Wildman–Crippen LogP) is 2.22. The Kier molecular flexibility index (Phi) is 5.77. The van der Waals surface area contributed by atoms with Crippen LogP contribution in [0.2, 0.25) is 0 Å². The zero-order chi connectivity index (χ0) is 23.1. The summed E-state index contributed by atoms with van der Waals surface area (Å²) < 4.78 is 22.9. The number of hydrogen-bond acceptors (Lipinski definition) is 5. The molecule has 9 heteroatoms. The molecule has 31 heavy (non-hydrogen) atoms. The molecule has 0 saturated carbocycles. The van der Waals surface area contributed by atoms with Gasteiger partial charge in [0.2, 0.25) is 15.9 Å². The van der Waals surface area contributed by atoms with Crippen LogP contribution in [0, 0.1) is 6.92 Å². The van der Waals surface area contributed by atoms with Crippen LogP contribution in [-0.2, 0) is 19.6 Å². The molecule has 1 aliphatic rings. The Morgan fingerprint density at radius 1 is 1.10 bits per heavy atom. The molecule has 1 aliphatic heterocycles. The lowest BCUT2D eigenvalue weighted by Crippen LogP contribution is -2.54. The zero-order valence-electron chi connectivity index (χ0n) is 17.8. The maximum Gasteiger partial charge on any atom is 0.257 e. The van der Waals surface area contributed by atoms with Crippen LogP contribution in [0.4, 0.5) is 5.69 Å². The minimum Gasteiger partial charge on any atom is -0.321 e. The van der Waals surface area contributed by atoms with Crippen molar-refractivity contribution in [2.45, 2.75) is 50.6 Å². The van der Waals surface area contributed by atoms with Gasteiger partial charge in [-0.15, -0.1) is 0 Å². The van der Waals surface area contributed by atoms with Crippen LogP contribution >= 0.6 is 0 Å². The number of sulfonamides is 1. The number of nitrogens with two attached hydrogens (primary N) is 1. The fourth-order valence-electron chi connectivity index (χ4n) is 3.70. The van der Waals surface area contributed by atoms with E-state index in [1.165, 1.54) is 29.2 Å². The van der Waals surface area contributed by atoms with E-state index >= 15 is 0 Å². The molecule has 1 heterocycles. The van der Waals surface area contributed by atoms with Crippen molar-refractivity contribution in [2.75, 3.05) is 4.90 Å². The van der Waals surface area contributed by atoms with Crippen molar-refractivity contribution in [3.8, 4) is 0 Å². The number of carbonyl (C=O) groups is 3. The Balaban J connectivity index is 1.97. The number of imide groups is 1. The zero-order valence-corrected chi connectivity index (χ0v) is 18.6. The summed E-state index contributed by atoms with van der Waals surface area (Å²) in [5.74, 6) is -1.34. The number of nitrogens with zero attached hydrogens (tertiary/aromatic N) is 2. The molecule has 1 atom stereocenters. The fraction of sp³-hybridized carbons (Fsp3) is 0.318. The minimum atomic E-state index is -3.90. The molecule has 3 rings (SSSR count). The van der Waals surface area contributed by atoms with Crippen molar-refractivity contribution in [3.05, 3.63) is 59.7 Å². The van der Waals surface area contributed by atoms with Crippen molar-refractivity contribution in [3.63, 3.8) is 0 Å². The highest BCUT2D eigenvalue weighted by molar-refractivity contribution is 7.89. The van der Waals surface area contributed by atoms with E-state index in [1.54, 1.807) is 18.2 Å². The Bertz CT molecular complexity index is 1150. The lowest BCUT2D eigenvalue weighted by Gasteiger charge is -2.39. The van der Waals surface area contributed by atoms with Gasteiger partial charge in [0.25, 0.3) is 11.8 Å². The van der Waals surface area contributed by atoms with Crippen molar-refractivity contribution in [2.24, 2.45) is 5.14 Å². The van der Waals surface area contributed by atoms with Gasteiger partial charge in [0, 0.05) is 11.1 Å². The average Bonchev–Trinajstić information content (AvgIpc) is 2.94. The van der Waals surface area contributed by atoms with Crippen LogP contribution in [0.3, 0.4) is 0 Å². The van der Waals surface area contributed by atoms with Gasteiger partial charge in [-0.25, -0.2) is 18.5 Å². The average molecular weight is 444 g/mol. The maximum atomic E-state index is 13.3. The SMILES string of the molecule is Cc1cccc(C(=O)N(C2CC(=O)N(c3ccc(S(N)(=O)=O)cc3)C2=O)C(C)(C)C)c1. The standard InChI is InChI=1S/C22H25N3O5S/c1-14-6-5-7-15(12-14)20(27)25(22(2,3)4)18-13-19(26)24(21(18)28)16-8-10-17(11-9-16)31(23,29)30/h5-12,18H,13H2,1-4H3,(H2,23,29,30). The molecule has 0 aromatic heterocycles. The van der Waals surface area contributed by atoms with Crippen LogP contribution in [-0.4, -0.2) is 42.6 Å². The summed E-state index contributed by atoms with van der Waals surface area (Å²) in [4.78, 5) is 41.7. The van der Waals surface area contributed by atoms with Crippen LogP contribution in [0.25, 0.3) is 0 Å². The number of rotatable bonds is 4. The molecule has 0 radical (unpaired) electrons. The van der Waals surface area contributed by atoms with Gasteiger partial charge in [0.05, 0.1) is 17.0 Å². The highest BCUT2D eigenvalue weighted by Gasteiger charge is 2.47. The summed E-state index contributed by atoms with van der Waals surface area (Å²) in [6, 6.07) is 11.3. The van der Waals surface area contributed by atoms with Gasteiger partial charge in [0.15, 0.2) is 0 Å². The Morgan fingerprint density at radius 3 is 2.23 bits per heavy atom. The quantitative estimate of drug-likeness (QED) is 0.727. The van der Waals surface area contributed by atoms with Crippen molar-refractivity contribution in [1.82, 2.24) is 4.90 Å². The van der Waals surface area contributed by atoms with Crippen molar-refractivity contribution < 1.29 is 22.8 Å². The molecule has 2 aromatic rings. The summed E-state index contributed by atoms with van der Waals surface area (Å²) in [5.41, 5.74) is 0.840. The maximum absolute atomic E-state index is 13.3. The summed E-state index contributed by atoms with van der Waals surface area (Å²) in [6.07, 6.45) is -0.162. The molecule has 1 unspecified atom stereocenters. The lowest BCUT2D eigenvalue weighted by molar-refractivity contribution is -0.123. The van der Waals surface area contributed by atoms with Gasteiger partial charge in [-0.2, -0.15) is 0 Å². The van der Waals surface area contributed by atoms with Crippen LogP contribution < -0.4 is 10.0 Å². The number of hydrogen-bond donors (Lipinski definition) is 1. The van der Waals surface area contributed by atoms with E-state index in [9.17, 15) is 22.8 Å². The van der Waals surface area contributed by atoms with E-state index in [-0.39, 0.29) is 22.9 Å². The van der Waals surface area contributed by atoms with Crippen LogP contribution in [0.15, 0.2) is 53.4 Å². The predicted molar refractivity (Wildman–Crippen MR) is 116 cm³/mol. The Morgan fingerprint density at radius 2 is 1.71 bits per heavy atom. The first-order valence-electron chi connectivity index (χ1n) is 9.70. The minimum absolute atomic E-state index is 0.127.